The lowest BCUT2D eigenvalue weighted by Gasteiger charge is -2.13. The SMILES string of the molecule is OC(Cn1nnc2cc(Cl)c(Cl)cc21)CC(F)(F)F. The molecule has 0 saturated heterocycles. The van der Waals surface area contributed by atoms with Crippen molar-refractivity contribution in [3.8, 4) is 0 Å². The number of hydrogen-bond donors (Lipinski definition) is 1. The van der Waals surface area contributed by atoms with Crippen LogP contribution in [0.4, 0.5) is 13.2 Å². The minimum absolute atomic E-state index is 0.239. The summed E-state index contributed by atoms with van der Waals surface area (Å²) >= 11 is 11.6. The Kier molecular flexibility index (Phi) is 3.89. The summed E-state index contributed by atoms with van der Waals surface area (Å²) in [4.78, 5) is 0. The lowest BCUT2D eigenvalue weighted by atomic mass is 10.2. The van der Waals surface area contributed by atoms with Gasteiger partial charge in [-0.1, -0.05) is 28.4 Å². The van der Waals surface area contributed by atoms with E-state index in [1.165, 1.54) is 12.1 Å². The van der Waals surface area contributed by atoms with Gasteiger partial charge in [-0.2, -0.15) is 13.2 Å². The van der Waals surface area contributed by atoms with Gasteiger partial charge in [0.15, 0.2) is 0 Å². The number of rotatable bonds is 3. The topological polar surface area (TPSA) is 50.9 Å². The number of aliphatic hydroxyl groups is 1. The third-order valence-electron chi connectivity index (χ3n) is 2.41. The molecule has 1 aromatic carbocycles. The van der Waals surface area contributed by atoms with E-state index in [2.05, 4.69) is 10.3 Å². The Hall–Kier alpha value is -1.05. The number of alkyl halides is 3. The molecule has 0 aliphatic heterocycles. The van der Waals surface area contributed by atoms with Crippen molar-refractivity contribution in [2.75, 3.05) is 0 Å². The van der Waals surface area contributed by atoms with E-state index in [-0.39, 0.29) is 16.6 Å². The third-order valence-corrected chi connectivity index (χ3v) is 3.13. The van der Waals surface area contributed by atoms with Crippen LogP contribution in [0.5, 0.6) is 0 Å². The normalized spacial score (nSPS) is 14.0. The molecule has 0 bridgehead atoms. The number of benzene rings is 1. The van der Waals surface area contributed by atoms with E-state index in [0.29, 0.717) is 11.0 Å². The zero-order valence-electron chi connectivity index (χ0n) is 9.32. The number of fused-ring (bicyclic) bond motifs is 1. The van der Waals surface area contributed by atoms with Gasteiger partial charge in [0.2, 0.25) is 0 Å². The minimum atomic E-state index is -4.43. The maximum Gasteiger partial charge on any atom is 0.391 e. The molecule has 0 aliphatic rings. The van der Waals surface area contributed by atoms with Crippen molar-refractivity contribution in [2.45, 2.75) is 25.2 Å². The van der Waals surface area contributed by atoms with Crippen LogP contribution in [0.3, 0.4) is 0 Å². The lowest BCUT2D eigenvalue weighted by molar-refractivity contribution is -0.154. The van der Waals surface area contributed by atoms with Gasteiger partial charge >= 0.3 is 6.18 Å². The smallest absolute Gasteiger partial charge is 0.391 e. The quantitative estimate of drug-likeness (QED) is 0.947. The second kappa shape index (κ2) is 5.15. The molecule has 104 valence electrons. The summed E-state index contributed by atoms with van der Waals surface area (Å²) in [5.74, 6) is 0. The number of nitrogens with zero attached hydrogens (tertiary/aromatic N) is 3. The monoisotopic (exact) mass is 313 g/mol. The first-order chi connectivity index (χ1) is 8.76. The highest BCUT2D eigenvalue weighted by Crippen LogP contribution is 2.27. The highest BCUT2D eigenvalue weighted by atomic mass is 35.5. The Morgan fingerprint density at radius 1 is 1.26 bits per heavy atom. The minimum Gasteiger partial charge on any atom is -0.391 e. The first-order valence-electron chi connectivity index (χ1n) is 5.19. The molecule has 19 heavy (non-hydrogen) atoms. The molecule has 0 spiro atoms. The Morgan fingerprint density at radius 3 is 2.53 bits per heavy atom. The molecule has 0 fully saturated rings. The molecule has 2 rings (SSSR count). The molecule has 1 atom stereocenters. The lowest BCUT2D eigenvalue weighted by Crippen LogP contribution is -2.24. The van der Waals surface area contributed by atoms with E-state index in [4.69, 9.17) is 23.2 Å². The molecule has 0 radical (unpaired) electrons. The van der Waals surface area contributed by atoms with Gasteiger partial charge in [0, 0.05) is 0 Å². The average molecular weight is 314 g/mol. The van der Waals surface area contributed by atoms with Crippen LogP contribution in [-0.2, 0) is 6.54 Å². The van der Waals surface area contributed by atoms with Gasteiger partial charge in [0.25, 0.3) is 0 Å². The summed E-state index contributed by atoms with van der Waals surface area (Å²) in [6.07, 6.45) is -7.34. The predicted molar refractivity (Wildman–Crippen MR) is 64.2 cm³/mol. The second-order valence-electron chi connectivity index (χ2n) is 4.00. The van der Waals surface area contributed by atoms with Gasteiger partial charge in [-0.3, -0.25) is 0 Å². The molecule has 2 aromatic rings. The van der Waals surface area contributed by atoms with Crippen molar-refractivity contribution < 1.29 is 18.3 Å². The van der Waals surface area contributed by atoms with Crippen LogP contribution in [0.15, 0.2) is 12.1 Å². The summed E-state index contributed by atoms with van der Waals surface area (Å²) in [5.41, 5.74) is 0.809. The van der Waals surface area contributed by atoms with Crippen molar-refractivity contribution in [2.24, 2.45) is 0 Å². The number of hydrogen-bond acceptors (Lipinski definition) is 3. The van der Waals surface area contributed by atoms with E-state index in [9.17, 15) is 18.3 Å². The van der Waals surface area contributed by atoms with Gasteiger partial charge in [-0.05, 0) is 12.1 Å². The Morgan fingerprint density at radius 2 is 1.89 bits per heavy atom. The van der Waals surface area contributed by atoms with Crippen molar-refractivity contribution in [1.82, 2.24) is 15.0 Å². The first-order valence-corrected chi connectivity index (χ1v) is 5.95. The maximum atomic E-state index is 12.1. The van der Waals surface area contributed by atoms with Gasteiger partial charge in [-0.15, -0.1) is 5.10 Å². The van der Waals surface area contributed by atoms with Crippen molar-refractivity contribution >= 4 is 34.2 Å². The number of halogens is 5. The van der Waals surface area contributed by atoms with E-state index >= 15 is 0 Å². The first kappa shape index (κ1) is 14.4. The highest BCUT2D eigenvalue weighted by Gasteiger charge is 2.31. The fourth-order valence-electron chi connectivity index (χ4n) is 1.63. The molecule has 1 aromatic heterocycles. The van der Waals surface area contributed by atoms with Crippen molar-refractivity contribution in [3.63, 3.8) is 0 Å². The molecule has 0 aliphatic carbocycles. The van der Waals surface area contributed by atoms with Crippen LogP contribution >= 0.6 is 23.2 Å². The zero-order valence-corrected chi connectivity index (χ0v) is 10.8. The average Bonchev–Trinajstić information content (AvgIpc) is 2.59. The molecule has 0 saturated carbocycles. The van der Waals surface area contributed by atoms with Crippen molar-refractivity contribution in [1.29, 1.82) is 0 Å². The standard InChI is InChI=1S/C10H8Cl2F3N3O/c11-6-1-8-9(2-7(6)12)18(17-16-8)4-5(19)3-10(13,14)15/h1-2,5,19H,3-4H2. The van der Waals surface area contributed by atoms with E-state index in [0.717, 1.165) is 4.68 Å². The molecular formula is C10H8Cl2F3N3O. The maximum absolute atomic E-state index is 12.1. The van der Waals surface area contributed by atoms with Gasteiger partial charge in [0.05, 0.1) is 34.6 Å². The molecule has 1 unspecified atom stereocenters. The summed E-state index contributed by atoms with van der Waals surface area (Å²) in [6.45, 7) is -0.325. The van der Waals surface area contributed by atoms with E-state index in [1.54, 1.807) is 0 Å². The highest BCUT2D eigenvalue weighted by molar-refractivity contribution is 6.42. The Balaban J connectivity index is 2.24. The zero-order chi connectivity index (χ0) is 14.2. The predicted octanol–water partition coefficient (Wildman–Crippen LogP) is 3.05. The largest absolute Gasteiger partial charge is 0.391 e. The van der Waals surface area contributed by atoms with Crippen LogP contribution in [0.1, 0.15) is 6.42 Å². The molecular weight excluding hydrogens is 306 g/mol. The van der Waals surface area contributed by atoms with Gasteiger partial charge < -0.3 is 5.11 Å². The summed E-state index contributed by atoms with van der Waals surface area (Å²) in [6, 6.07) is 2.90. The molecule has 1 N–H and O–H groups in total. The molecule has 1 heterocycles. The fraction of sp³-hybridized carbons (Fsp3) is 0.400. The molecule has 9 heteroatoms. The Bertz CT molecular complexity index is 599. The van der Waals surface area contributed by atoms with Crippen LogP contribution in [0.25, 0.3) is 11.0 Å². The van der Waals surface area contributed by atoms with Gasteiger partial charge in [-0.25, -0.2) is 4.68 Å². The Labute approximate surface area is 115 Å². The van der Waals surface area contributed by atoms with Crippen LogP contribution in [0, 0.1) is 0 Å². The fourth-order valence-corrected chi connectivity index (χ4v) is 1.95. The summed E-state index contributed by atoms with van der Waals surface area (Å²) in [7, 11) is 0. The molecule has 0 amide bonds. The number of aromatic nitrogens is 3. The van der Waals surface area contributed by atoms with Crippen LogP contribution < -0.4 is 0 Å². The summed E-state index contributed by atoms with van der Waals surface area (Å²) in [5, 5.41) is 17.3. The molecule has 4 nitrogen and oxygen atoms in total. The van der Waals surface area contributed by atoms with Crippen LogP contribution in [0.2, 0.25) is 10.0 Å². The summed E-state index contributed by atoms with van der Waals surface area (Å²) < 4.78 is 37.5. The van der Waals surface area contributed by atoms with E-state index in [1.807, 2.05) is 0 Å². The van der Waals surface area contributed by atoms with Crippen molar-refractivity contribution in [3.05, 3.63) is 22.2 Å². The van der Waals surface area contributed by atoms with Gasteiger partial charge in [0.1, 0.15) is 5.52 Å². The third kappa shape index (κ3) is 3.49. The van der Waals surface area contributed by atoms with E-state index < -0.39 is 18.7 Å². The second-order valence-corrected chi connectivity index (χ2v) is 4.81. The van der Waals surface area contributed by atoms with Crippen LogP contribution in [-0.4, -0.2) is 32.4 Å². The number of aliphatic hydroxyl groups excluding tert-OH is 1.